The van der Waals surface area contributed by atoms with Gasteiger partial charge in [0.25, 0.3) is 0 Å². The van der Waals surface area contributed by atoms with Gasteiger partial charge in [-0.1, -0.05) is 66.2 Å². The number of nitrogens with one attached hydrogen (secondary N) is 2. The van der Waals surface area contributed by atoms with Crippen LogP contribution in [0, 0.1) is 0 Å². The molecule has 0 saturated heterocycles. The molecule has 0 radical (unpaired) electrons. The number of anilines is 1. The van der Waals surface area contributed by atoms with Crippen molar-refractivity contribution in [3.8, 4) is 11.1 Å². The Morgan fingerprint density at radius 2 is 1.27 bits per heavy atom. The normalized spacial score (nSPS) is 10.4. The van der Waals surface area contributed by atoms with E-state index in [0.29, 0.717) is 0 Å². The number of halogens is 1. The van der Waals surface area contributed by atoms with Crippen molar-refractivity contribution in [1.82, 2.24) is 5.43 Å². The lowest BCUT2D eigenvalue weighted by Crippen LogP contribution is -2.20. The Labute approximate surface area is 135 Å². The number of hydrazine groups is 1. The van der Waals surface area contributed by atoms with Crippen LogP contribution in [0.25, 0.3) is 11.1 Å². The first kappa shape index (κ1) is 14.6. The zero-order chi connectivity index (χ0) is 15.2. The lowest BCUT2D eigenvalue weighted by molar-refractivity contribution is 0.801. The second kappa shape index (κ2) is 7.12. The predicted octanol–water partition coefficient (Wildman–Crippen LogP) is 5.12. The zero-order valence-corrected chi connectivity index (χ0v) is 12.8. The molecule has 0 fully saturated rings. The fourth-order valence-electron chi connectivity index (χ4n) is 2.23. The van der Waals surface area contributed by atoms with Gasteiger partial charge in [0.05, 0.1) is 0 Å². The molecule has 0 amide bonds. The van der Waals surface area contributed by atoms with Gasteiger partial charge in [-0.3, -0.25) is 0 Å². The van der Waals surface area contributed by atoms with Gasteiger partial charge in [-0.15, -0.1) is 0 Å². The Morgan fingerprint density at radius 1 is 0.682 bits per heavy atom. The van der Waals surface area contributed by atoms with Crippen LogP contribution < -0.4 is 10.9 Å². The van der Waals surface area contributed by atoms with E-state index in [1.165, 1.54) is 16.7 Å². The molecule has 3 heteroatoms. The van der Waals surface area contributed by atoms with Crippen molar-refractivity contribution >= 4 is 17.3 Å². The van der Waals surface area contributed by atoms with Crippen LogP contribution in [0.2, 0.25) is 5.02 Å². The van der Waals surface area contributed by atoms with E-state index in [2.05, 4.69) is 35.1 Å². The Morgan fingerprint density at radius 3 is 1.91 bits per heavy atom. The summed E-state index contributed by atoms with van der Waals surface area (Å²) in [4.78, 5) is 0. The Balaban J connectivity index is 1.58. The Bertz CT molecular complexity index is 707. The van der Waals surface area contributed by atoms with Crippen LogP contribution >= 0.6 is 11.6 Å². The maximum Gasteiger partial charge on any atom is 0.0487 e. The SMILES string of the molecule is Clc1ccc(-c2ccc(CNNc3ccccc3)cc2)cc1. The quantitative estimate of drug-likeness (QED) is 0.639. The number of hydrogen-bond acceptors (Lipinski definition) is 2. The Kier molecular flexibility index (Phi) is 4.74. The average Bonchev–Trinajstić information content (AvgIpc) is 2.57. The molecular weight excluding hydrogens is 292 g/mol. The summed E-state index contributed by atoms with van der Waals surface area (Å²) in [6.45, 7) is 0.760. The number of rotatable bonds is 5. The van der Waals surface area contributed by atoms with Crippen molar-refractivity contribution in [2.75, 3.05) is 5.43 Å². The standard InChI is InChI=1S/C19H17ClN2/c20-18-12-10-17(11-13-18)16-8-6-15(7-9-16)14-21-22-19-4-2-1-3-5-19/h1-13,21-22H,14H2. The van der Waals surface area contributed by atoms with Gasteiger partial charge >= 0.3 is 0 Å². The molecule has 0 aromatic heterocycles. The minimum absolute atomic E-state index is 0.760. The summed E-state index contributed by atoms with van der Waals surface area (Å²) in [6, 6.07) is 26.5. The van der Waals surface area contributed by atoms with E-state index < -0.39 is 0 Å². The molecule has 3 aromatic carbocycles. The molecule has 2 N–H and O–H groups in total. The van der Waals surface area contributed by atoms with E-state index in [4.69, 9.17) is 11.6 Å². The third-order valence-electron chi connectivity index (χ3n) is 3.43. The summed E-state index contributed by atoms with van der Waals surface area (Å²) < 4.78 is 0. The molecule has 0 unspecified atom stereocenters. The number of hydrogen-bond donors (Lipinski definition) is 2. The van der Waals surface area contributed by atoms with Crippen LogP contribution in [0.5, 0.6) is 0 Å². The summed E-state index contributed by atoms with van der Waals surface area (Å²) in [5.74, 6) is 0. The first-order valence-electron chi connectivity index (χ1n) is 7.20. The molecule has 0 saturated carbocycles. The lowest BCUT2D eigenvalue weighted by atomic mass is 10.0. The van der Waals surface area contributed by atoms with Gasteiger partial charge in [-0.2, -0.15) is 0 Å². The molecule has 2 nitrogen and oxygen atoms in total. The van der Waals surface area contributed by atoms with Gasteiger partial charge in [0, 0.05) is 17.3 Å². The molecule has 0 aliphatic rings. The van der Waals surface area contributed by atoms with Crippen molar-refractivity contribution in [2.24, 2.45) is 0 Å². The largest absolute Gasteiger partial charge is 0.321 e. The van der Waals surface area contributed by atoms with Crippen LogP contribution in [0.1, 0.15) is 5.56 Å². The monoisotopic (exact) mass is 308 g/mol. The number of para-hydroxylation sites is 1. The van der Waals surface area contributed by atoms with Crippen LogP contribution in [-0.4, -0.2) is 0 Å². The zero-order valence-electron chi connectivity index (χ0n) is 12.1. The maximum absolute atomic E-state index is 5.92. The van der Waals surface area contributed by atoms with Crippen LogP contribution in [0.3, 0.4) is 0 Å². The van der Waals surface area contributed by atoms with Crippen LogP contribution in [0.15, 0.2) is 78.9 Å². The molecule has 0 aliphatic heterocycles. The van der Waals surface area contributed by atoms with Gasteiger partial charge in [0.15, 0.2) is 0 Å². The van der Waals surface area contributed by atoms with E-state index >= 15 is 0 Å². The summed E-state index contributed by atoms with van der Waals surface area (Å²) in [7, 11) is 0. The highest BCUT2D eigenvalue weighted by Gasteiger charge is 1.98. The number of benzene rings is 3. The van der Waals surface area contributed by atoms with Crippen molar-refractivity contribution < 1.29 is 0 Å². The van der Waals surface area contributed by atoms with Gasteiger partial charge < -0.3 is 5.43 Å². The summed E-state index contributed by atoms with van der Waals surface area (Å²) >= 11 is 5.92. The van der Waals surface area contributed by atoms with Gasteiger partial charge in [-0.05, 0) is 41.0 Å². The van der Waals surface area contributed by atoms with Crippen molar-refractivity contribution in [2.45, 2.75) is 6.54 Å². The van der Waals surface area contributed by atoms with E-state index in [-0.39, 0.29) is 0 Å². The molecular formula is C19H17ClN2. The summed E-state index contributed by atoms with van der Waals surface area (Å²) in [5.41, 5.74) is 11.0. The minimum atomic E-state index is 0.760. The fraction of sp³-hybridized carbons (Fsp3) is 0.0526. The van der Waals surface area contributed by atoms with Crippen molar-refractivity contribution in [3.05, 3.63) is 89.4 Å². The topological polar surface area (TPSA) is 24.1 Å². The van der Waals surface area contributed by atoms with Crippen molar-refractivity contribution in [1.29, 1.82) is 0 Å². The second-order valence-corrected chi connectivity index (χ2v) is 5.48. The highest BCUT2D eigenvalue weighted by Crippen LogP contribution is 2.21. The van der Waals surface area contributed by atoms with E-state index in [1.54, 1.807) is 0 Å². The van der Waals surface area contributed by atoms with E-state index in [9.17, 15) is 0 Å². The molecule has 0 spiro atoms. The Hall–Kier alpha value is -2.29. The molecule has 0 aliphatic carbocycles. The summed E-state index contributed by atoms with van der Waals surface area (Å²) in [6.07, 6.45) is 0. The lowest BCUT2D eigenvalue weighted by Gasteiger charge is -2.09. The third kappa shape index (κ3) is 3.88. The second-order valence-electron chi connectivity index (χ2n) is 5.05. The van der Waals surface area contributed by atoms with Gasteiger partial charge in [0.1, 0.15) is 0 Å². The molecule has 3 rings (SSSR count). The first-order chi connectivity index (χ1) is 10.8. The minimum Gasteiger partial charge on any atom is -0.321 e. The molecule has 0 bridgehead atoms. The summed E-state index contributed by atoms with van der Waals surface area (Å²) in [5, 5.41) is 0.761. The van der Waals surface area contributed by atoms with E-state index in [0.717, 1.165) is 17.3 Å². The molecule has 3 aromatic rings. The van der Waals surface area contributed by atoms with Crippen LogP contribution in [-0.2, 0) is 6.54 Å². The molecule has 0 heterocycles. The van der Waals surface area contributed by atoms with E-state index in [1.807, 2.05) is 54.6 Å². The van der Waals surface area contributed by atoms with Crippen molar-refractivity contribution in [3.63, 3.8) is 0 Å². The molecule has 22 heavy (non-hydrogen) atoms. The maximum atomic E-state index is 5.92. The third-order valence-corrected chi connectivity index (χ3v) is 3.68. The first-order valence-corrected chi connectivity index (χ1v) is 7.58. The fourth-order valence-corrected chi connectivity index (χ4v) is 2.35. The van der Waals surface area contributed by atoms with Crippen LogP contribution in [0.4, 0.5) is 5.69 Å². The molecule has 110 valence electrons. The molecule has 0 atom stereocenters. The van der Waals surface area contributed by atoms with Gasteiger partial charge in [0.2, 0.25) is 0 Å². The average molecular weight is 309 g/mol. The van der Waals surface area contributed by atoms with Gasteiger partial charge in [-0.25, -0.2) is 5.43 Å². The highest BCUT2D eigenvalue weighted by molar-refractivity contribution is 6.30. The smallest absolute Gasteiger partial charge is 0.0487 e. The predicted molar refractivity (Wildman–Crippen MR) is 93.8 cm³/mol. The highest BCUT2D eigenvalue weighted by atomic mass is 35.5.